The highest BCUT2D eigenvalue weighted by Gasteiger charge is 2.54. The molecule has 2 saturated carbocycles. The van der Waals surface area contributed by atoms with E-state index in [1.807, 2.05) is 12.3 Å². The molecule has 0 spiro atoms. The van der Waals surface area contributed by atoms with Gasteiger partial charge in [0, 0.05) is 18.3 Å². The van der Waals surface area contributed by atoms with Gasteiger partial charge in [-0.05, 0) is 61.8 Å². The van der Waals surface area contributed by atoms with Crippen LogP contribution >= 0.6 is 0 Å². The molecule has 8 heteroatoms. The van der Waals surface area contributed by atoms with E-state index >= 15 is 0 Å². The summed E-state index contributed by atoms with van der Waals surface area (Å²) in [6.07, 6.45) is 8.23. The molecule has 1 saturated heterocycles. The Balaban J connectivity index is 1.43. The van der Waals surface area contributed by atoms with Gasteiger partial charge in [-0.15, -0.1) is 0 Å². The van der Waals surface area contributed by atoms with Crippen molar-refractivity contribution in [2.45, 2.75) is 50.3 Å². The smallest absolute Gasteiger partial charge is 0.257 e. The summed E-state index contributed by atoms with van der Waals surface area (Å²) in [7, 11) is 0. The second kappa shape index (κ2) is 6.67. The normalized spacial score (nSPS) is 30.7. The van der Waals surface area contributed by atoms with E-state index in [0.717, 1.165) is 55.8 Å². The summed E-state index contributed by atoms with van der Waals surface area (Å²) < 4.78 is 22.7. The standard InChI is InChI=1S/C24H24FN5O2/c25-14-5-6-19-16(10-14)22-15-9-13(15)12-29(22)21-7-8-30-23(28-21)17(11-26-30)24(31)27-18-3-1-2-4-20(18)32-19/h5-8,10-11,13,15,18,20,22H,1-4,9,12H2,(H,27,31)/t13-,15-,18-,20-,22-/m1/s1. The van der Waals surface area contributed by atoms with Gasteiger partial charge in [-0.2, -0.15) is 5.10 Å². The zero-order chi connectivity index (χ0) is 21.4. The second-order valence-corrected chi connectivity index (χ2v) is 9.57. The molecule has 0 unspecified atom stereocenters. The Kier molecular flexibility index (Phi) is 3.84. The lowest BCUT2D eigenvalue weighted by molar-refractivity contribution is 0.0795. The fraction of sp³-hybridized carbons (Fsp3) is 0.458. The summed E-state index contributed by atoms with van der Waals surface area (Å²) in [6.45, 7) is 0.871. The minimum Gasteiger partial charge on any atom is -0.488 e. The molecule has 2 aliphatic heterocycles. The van der Waals surface area contributed by atoms with E-state index in [1.165, 1.54) is 6.07 Å². The van der Waals surface area contributed by atoms with Crippen molar-refractivity contribution in [1.29, 1.82) is 0 Å². The van der Waals surface area contributed by atoms with Crippen LogP contribution in [0.5, 0.6) is 5.75 Å². The van der Waals surface area contributed by atoms with Crippen LogP contribution in [0.4, 0.5) is 10.2 Å². The first-order valence-corrected chi connectivity index (χ1v) is 11.5. The van der Waals surface area contributed by atoms with Crippen LogP contribution in [0.3, 0.4) is 0 Å². The fourth-order valence-electron chi connectivity index (χ4n) is 5.95. The number of hydrogen-bond donors (Lipinski definition) is 1. The number of nitrogens with zero attached hydrogens (tertiary/aromatic N) is 4. The van der Waals surface area contributed by atoms with E-state index in [9.17, 15) is 9.18 Å². The summed E-state index contributed by atoms with van der Waals surface area (Å²) in [5.74, 6) is 2.13. The zero-order valence-electron chi connectivity index (χ0n) is 17.6. The van der Waals surface area contributed by atoms with Gasteiger partial charge in [-0.3, -0.25) is 4.79 Å². The molecule has 1 N–H and O–H groups in total. The lowest BCUT2D eigenvalue weighted by Crippen LogP contribution is -2.47. The van der Waals surface area contributed by atoms with Gasteiger partial charge in [0.2, 0.25) is 0 Å². The van der Waals surface area contributed by atoms with Gasteiger partial charge in [-0.25, -0.2) is 13.9 Å². The van der Waals surface area contributed by atoms with Crippen LogP contribution < -0.4 is 15.0 Å². The van der Waals surface area contributed by atoms with Crippen LogP contribution in [0.1, 0.15) is 54.1 Å². The van der Waals surface area contributed by atoms with Crippen LogP contribution in [0.15, 0.2) is 36.7 Å². The summed E-state index contributed by atoms with van der Waals surface area (Å²) in [5, 5.41) is 7.51. The highest BCUT2D eigenvalue weighted by molar-refractivity contribution is 6.00. The number of halogens is 1. The van der Waals surface area contributed by atoms with Gasteiger partial charge >= 0.3 is 0 Å². The Bertz CT molecular complexity index is 1240. The minimum absolute atomic E-state index is 0.0125. The molecule has 5 atom stereocenters. The van der Waals surface area contributed by atoms with Gasteiger partial charge in [0.1, 0.15) is 29.1 Å². The van der Waals surface area contributed by atoms with E-state index in [2.05, 4.69) is 15.3 Å². The van der Waals surface area contributed by atoms with Crippen LogP contribution in [0.25, 0.3) is 5.65 Å². The van der Waals surface area contributed by atoms with Crippen molar-refractivity contribution >= 4 is 17.4 Å². The maximum absolute atomic E-state index is 14.5. The Morgan fingerprint density at radius 2 is 2.09 bits per heavy atom. The molecule has 7 rings (SSSR count). The molecule has 1 amide bonds. The van der Waals surface area contributed by atoms with Gasteiger partial charge < -0.3 is 15.0 Å². The number of aromatic nitrogens is 3. The molecule has 7 nitrogen and oxygen atoms in total. The van der Waals surface area contributed by atoms with Gasteiger partial charge in [0.25, 0.3) is 5.91 Å². The number of anilines is 1. The molecule has 1 aromatic carbocycles. The number of amides is 1. The number of nitrogens with one attached hydrogen (secondary N) is 1. The third-order valence-corrected chi connectivity index (χ3v) is 7.63. The first-order chi connectivity index (χ1) is 15.7. The Hall–Kier alpha value is -3.16. The largest absolute Gasteiger partial charge is 0.488 e. The van der Waals surface area contributed by atoms with Crippen molar-refractivity contribution < 1.29 is 13.9 Å². The zero-order valence-corrected chi connectivity index (χ0v) is 17.6. The molecular formula is C24H24FN5O2. The minimum atomic E-state index is -0.254. The summed E-state index contributed by atoms with van der Waals surface area (Å²) >= 11 is 0. The molecule has 32 heavy (non-hydrogen) atoms. The van der Waals surface area contributed by atoms with Crippen molar-refractivity contribution in [2.75, 3.05) is 11.4 Å². The number of carbonyl (C=O) groups excluding carboxylic acids is 1. The molecule has 3 fully saturated rings. The van der Waals surface area contributed by atoms with Crippen molar-refractivity contribution in [1.82, 2.24) is 19.9 Å². The summed E-state index contributed by atoms with van der Waals surface area (Å²) in [6, 6.07) is 6.70. The fourth-order valence-corrected chi connectivity index (χ4v) is 5.95. The first kappa shape index (κ1) is 18.4. The van der Waals surface area contributed by atoms with Crippen molar-refractivity contribution in [3.05, 3.63) is 53.6 Å². The average molecular weight is 433 g/mol. The van der Waals surface area contributed by atoms with Gasteiger partial charge in [0.05, 0.1) is 18.3 Å². The number of hydrogen-bond acceptors (Lipinski definition) is 5. The number of piperidine rings is 1. The summed E-state index contributed by atoms with van der Waals surface area (Å²) in [5.41, 5.74) is 1.91. The molecular weight excluding hydrogens is 409 g/mol. The maximum Gasteiger partial charge on any atom is 0.257 e. The highest BCUT2D eigenvalue weighted by Crippen LogP contribution is 2.58. The summed E-state index contributed by atoms with van der Waals surface area (Å²) in [4.78, 5) is 20.3. The molecule has 2 aromatic heterocycles. The van der Waals surface area contributed by atoms with Crippen molar-refractivity contribution in [2.24, 2.45) is 11.8 Å². The molecule has 2 bridgehead atoms. The third kappa shape index (κ3) is 2.74. The van der Waals surface area contributed by atoms with Crippen LogP contribution in [-0.4, -0.2) is 39.2 Å². The monoisotopic (exact) mass is 433 g/mol. The van der Waals surface area contributed by atoms with E-state index < -0.39 is 0 Å². The molecule has 2 aliphatic carbocycles. The van der Waals surface area contributed by atoms with E-state index in [-0.39, 0.29) is 29.9 Å². The Labute approximate surface area is 184 Å². The lowest BCUT2D eigenvalue weighted by Gasteiger charge is -2.34. The SMILES string of the molecule is O=C1N[C@@H]2CCCC[C@H]2Oc2ccc(F)cc2[C@H]2[C@@H]3C[C@@H]3CN2c2ccn3ncc1c3n2. The van der Waals surface area contributed by atoms with Crippen LogP contribution in [0, 0.1) is 17.7 Å². The number of ether oxygens (including phenoxy) is 1. The highest BCUT2D eigenvalue weighted by atomic mass is 19.1. The van der Waals surface area contributed by atoms with E-state index in [1.54, 1.807) is 22.8 Å². The van der Waals surface area contributed by atoms with Crippen molar-refractivity contribution in [3.63, 3.8) is 0 Å². The van der Waals surface area contributed by atoms with E-state index in [4.69, 9.17) is 9.72 Å². The third-order valence-electron chi connectivity index (χ3n) is 7.63. The molecule has 0 radical (unpaired) electrons. The number of fused-ring (bicyclic) bond motifs is 8. The van der Waals surface area contributed by atoms with E-state index in [0.29, 0.717) is 23.0 Å². The number of carbonyl (C=O) groups is 1. The van der Waals surface area contributed by atoms with Crippen LogP contribution in [0.2, 0.25) is 0 Å². The average Bonchev–Trinajstić information content (AvgIpc) is 3.26. The topological polar surface area (TPSA) is 71.8 Å². The van der Waals surface area contributed by atoms with Gasteiger partial charge in [-0.1, -0.05) is 6.42 Å². The molecule has 4 aliphatic rings. The van der Waals surface area contributed by atoms with Crippen LogP contribution in [-0.2, 0) is 0 Å². The molecule has 3 aromatic rings. The van der Waals surface area contributed by atoms with Crippen molar-refractivity contribution in [3.8, 4) is 5.75 Å². The molecule has 164 valence electrons. The first-order valence-electron chi connectivity index (χ1n) is 11.5. The predicted molar refractivity (Wildman–Crippen MR) is 115 cm³/mol. The maximum atomic E-state index is 14.5. The second-order valence-electron chi connectivity index (χ2n) is 9.57. The Morgan fingerprint density at radius 3 is 3.03 bits per heavy atom. The Morgan fingerprint density at radius 1 is 1.19 bits per heavy atom. The number of benzene rings is 1. The quantitative estimate of drug-likeness (QED) is 0.588. The lowest BCUT2D eigenvalue weighted by atomic mass is 9.91. The van der Waals surface area contributed by atoms with Gasteiger partial charge in [0.15, 0.2) is 5.65 Å². The molecule has 4 heterocycles. The number of rotatable bonds is 0. The predicted octanol–water partition coefficient (Wildman–Crippen LogP) is 3.50.